The first-order chi connectivity index (χ1) is 12.5. The summed E-state index contributed by atoms with van der Waals surface area (Å²) in [5.74, 6) is -0.996. The molecule has 0 saturated carbocycles. The zero-order valence-corrected chi connectivity index (χ0v) is 15.0. The van der Waals surface area contributed by atoms with E-state index in [0.717, 1.165) is 22.0 Å². The van der Waals surface area contributed by atoms with Crippen molar-refractivity contribution in [2.75, 3.05) is 0 Å². The van der Waals surface area contributed by atoms with Crippen molar-refractivity contribution in [3.05, 3.63) is 65.7 Å². The normalized spacial score (nSPS) is 19.8. The van der Waals surface area contributed by atoms with Crippen LogP contribution in [0.15, 0.2) is 59.6 Å². The van der Waals surface area contributed by atoms with Gasteiger partial charge in [0.15, 0.2) is 0 Å². The lowest BCUT2D eigenvalue weighted by Gasteiger charge is -2.44. The molecule has 0 amide bonds. The molecule has 2 heterocycles. The Morgan fingerprint density at radius 3 is 2.50 bits per heavy atom. The molecule has 6 heteroatoms. The van der Waals surface area contributed by atoms with E-state index in [4.69, 9.17) is 0 Å². The van der Waals surface area contributed by atoms with E-state index in [-0.39, 0.29) is 6.42 Å². The molecular weight excluding hydrogens is 350 g/mol. The smallest absolute Gasteiger partial charge is 0.305 e. The maximum atomic E-state index is 11.2. The topological polar surface area (TPSA) is 82.7 Å². The molecule has 1 unspecified atom stereocenters. The lowest BCUT2D eigenvalue weighted by atomic mass is 10.1. The van der Waals surface area contributed by atoms with Crippen LogP contribution in [-0.4, -0.2) is 30.0 Å². The molecule has 1 aromatic heterocycles. The van der Waals surface area contributed by atoms with Crippen LogP contribution in [0.1, 0.15) is 24.0 Å². The quantitative estimate of drug-likeness (QED) is 0.626. The Balaban J connectivity index is 1.90. The number of benzene rings is 2. The lowest BCUT2D eigenvalue weighted by molar-refractivity contribution is -0.137. The Kier molecular flexibility index (Phi) is 4.26. The minimum Gasteiger partial charge on any atom is -0.481 e. The van der Waals surface area contributed by atoms with Crippen LogP contribution in [-0.2, 0) is 17.8 Å². The van der Waals surface area contributed by atoms with Crippen molar-refractivity contribution in [2.45, 2.75) is 36.1 Å². The van der Waals surface area contributed by atoms with Gasteiger partial charge in [0.05, 0.1) is 17.2 Å². The fraction of sp³-hybridized carbons (Fsp3) is 0.250. The van der Waals surface area contributed by atoms with Crippen molar-refractivity contribution in [3.63, 3.8) is 0 Å². The Morgan fingerprint density at radius 2 is 1.77 bits per heavy atom. The summed E-state index contributed by atoms with van der Waals surface area (Å²) in [5, 5.41) is 10.1. The van der Waals surface area contributed by atoms with Crippen molar-refractivity contribution in [2.24, 2.45) is 0 Å². The highest BCUT2D eigenvalue weighted by Crippen LogP contribution is 2.61. The Morgan fingerprint density at radius 1 is 1.08 bits per heavy atom. The Labute approximate surface area is 153 Å². The molecule has 136 valence electrons. The number of aliphatic carboxylic acids is 1. The standard InChI is InChI=1S/C20H21NO4S/c22-19(23)12-15-10-11-17-16-8-4-5-9-18(16)21(20(17)26(15,24)25)13-14-6-2-1-3-7-14/h1-9,15,24-25H,10-13H2,(H,22,23). The van der Waals surface area contributed by atoms with E-state index >= 15 is 0 Å². The maximum Gasteiger partial charge on any atom is 0.305 e. The molecule has 26 heavy (non-hydrogen) atoms. The molecule has 0 aliphatic carbocycles. The molecule has 0 saturated heterocycles. The summed E-state index contributed by atoms with van der Waals surface area (Å²) in [5.41, 5.74) is 2.96. The van der Waals surface area contributed by atoms with E-state index < -0.39 is 21.8 Å². The second kappa shape index (κ2) is 6.46. The Bertz CT molecular complexity index is 965. The van der Waals surface area contributed by atoms with Crippen molar-refractivity contribution in [3.8, 4) is 0 Å². The summed E-state index contributed by atoms with van der Waals surface area (Å²) in [4.78, 5) is 11.2. The number of para-hydroxylation sites is 1. The number of rotatable bonds is 4. The van der Waals surface area contributed by atoms with Gasteiger partial charge in [-0.05, 0) is 24.5 Å². The summed E-state index contributed by atoms with van der Waals surface area (Å²) in [6.45, 7) is 0.520. The highest BCUT2D eigenvalue weighted by atomic mass is 32.3. The fourth-order valence-electron chi connectivity index (χ4n) is 3.90. The number of carboxylic acid groups (broad SMARTS) is 1. The molecule has 0 radical (unpaired) electrons. The highest BCUT2D eigenvalue weighted by molar-refractivity contribution is 8.24. The van der Waals surface area contributed by atoms with E-state index in [1.54, 1.807) is 0 Å². The molecule has 0 spiro atoms. The van der Waals surface area contributed by atoms with E-state index in [1.807, 2.05) is 59.2 Å². The number of aryl methyl sites for hydroxylation is 1. The van der Waals surface area contributed by atoms with Gasteiger partial charge in [0, 0.05) is 17.5 Å². The van der Waals surface area contributed by atoms with Gasteiger partial charge in [0.1, 0.15) is 5.03 Å². The van der Waals surface area contributed by atoms with Gasteiger partial charge in [-0.15, -0.1) is 0 Å². The molecular formula is C20H21NO4S. The summed E-state index contributed by atoms with van der Waals surface area (Å²) >= 11 is 0. The van der Waals surface area contributed by atoms with Gasteiger partial charge < -0.3 is 9.67 Å². The molecule has 3 aromatic rings. The van der Waals surface area contributed by atoms with Crippen LogP contribution in [0.4, 0.5) is 0 Å². The van der Waals surface area contributed by atoms with Gasteiger partial charge >= 0.3 is 5.97 Å². The maximum absolute atomic E-state index is 11.2. The lowest BCUT2D eigenvalue weighted by Crippen LogP contribution is -2.28. The fourth-order valence-corrected chi connectivity index (χ4v) is 6.10. The van der Waals surface area contributed by atoms with Crippen molar-refractivity contribution in [1.29, 1.82) is 0 Å². The molecule has 3 N–H and O–H groups in total. The molecule has 0 fully saturated rings. The number of hydrogen-bond donors (Lipinski definition) is 3. The van der Waals surface area contributed by atoms with E-state index in [2.05, 4.69) is 0 Å². The second-order valence-corrected chi connectivity index (χ2v) is 8.96. The summed E-state index contributed by atoms with van der Waals surface area (Å²) in [7, 11) is -3.21. The van der Waals surface area contributed by atoms with Crippen LogP contribution in [0.25, 0.3) is 10.9 Å². The number of hydrogen-bond acceptors (Lipinski definition) is 3. The van der Waals surface area contributed by atoms with Gasteiger partial charge in [-0.2, -0.15) is 10.6 Å². The largest absolute Gasteiger partial charge is 0.481 e. The number of nitrogens with zero attached hydrogens (tertiary/aromatic N) is 1. The predicted octanol–water partition coefficient (Wildman–Crippen LogP) is 4.59. The molecule has 0 bridgehead atoms. The van der Waals surface area contributed by atoms with Crippen LogP contribution < -0.4 is 0 Å². The summed E-state index contributed by atoms with van der Waals surface area (Å²) < 4.78 is 24.1. The van der Waals surface area contributed by atoms with Crippen LogP contribution in [0.5, 0.6) is 0 Å². The van der Waals surface area contributed by atoms with Gasteiger partial charge in [-0.1, -0.05) is 48.5 Å². The van der Waals surface area contributed by atoms with Crippen molar-refractivity contribution in [1.82, 2.24) is 4.57 Å². The number of aromatic nitrogens is 1. The molecule has 1 aliphatic heterocycles. The van der Waals surface area contributed by atoms with Crippen LogP contribution >= 0.6 is 10.6 Å². The van der Waals surface area contributed by atoms with Crippen molar-refractivity contribution < 1.29 is 19.0 Å². The van der Waals surface area contributed by atoms with Crippen LogP contribution in [0.3, 0.4) is 0 Å². The Hall–Kier alpha value is -2.28. The molecule has 2 aromatic carbocycles. The first kappa shape index (κ1) is 17.1. The monoisotopic (exact) mass is 371 g/mol. The molecule has 1 atom stereocenters. The molecule has 4 rings (SSSR count). The van der Waals surface area contributed by atoms with Gasteiger partial charge in [0.25, 0.3) is 0 Å². The third kappa shape index (κ3) is 2.80. The third-order valence-electron chi connectivity index (χ3n) is 5.07. The molecule has 5 nitrogen and oxygen atoms in total. The van der Waals surface area contributed by atoms with E-state index in [9.17, 15) is 19.0 Å². The molecule has 1 aliphatic rings. The van der Waals surface area contributed by atoms with Gasteiger partial charge in [-0.25, -0.2) is 0 Å². The minimum atomic E-state index is -3.21. The number of carbonyl (C=O) groups is 1. The zero-order chi connectivity index (χ0) is 18.3. The average Bonchev–Trinajstić information content (AvgIpc) is 2.93. The summed E-state index contributed by atoms with van der Waals surface area (Å²) in [6, 6.07) is 17.7. The summed E-state index contributed by atoms with van der Waals surface area (Å²) in [6.07, 6.45) is 0.904. The van der Waals surface area contributed by atoms with Crippen molar-refractivity contribution >= 4 is 27.5 Å². The number of carboxylic acids is 1. The second-order valence-electron chi connectivity index (χ2n) is 6.72. The van der Waals surface area contributed by atoms with E-state index in [1.165, 1.54) is 0 Å². The number of fused-ring (bicyclic) bond motifs is 3. The SMILES string of the molecule is O=C(O)CC1CCc2c(n(Cc3ccccc3)c3ccccc23)S1(O)O. The first-order valence-corrected chi connectivity index (χ1v) is 10.2. The third-order valence-corrected chi connectivity index (χ3v) is 7.44. The van der Waals surface area contributed by atoms with Gasteiger partial charge in [0.2, 0.25) is 0 Å². The highest BCUT2D eigenvalue weighted by Gasteiger charge is 2.39. The minimum absolute atomic E-state index is 0.228. The van der Waals surface area contributed by atoms with Crippen LogP contribution in [0, 0.1) is 0 Å². The van der Waals surface area contributed by atoms with Crippen LogP contribution in [0.2, 0.25) is 0 Å². The first-order valence-electron chi connectivity index (χ1n) is 8.61. The zero-order valence-electron chi connectivity index (χ0n) is 14.2. The average molecular weight is 371 g/mol. The van der Waals surface area contributed by atoms with Gasteiger partial charge in [-0.3, -0.25) is 13.9 Å². The van der Waals surface area contributed by atoms with E-state index in [0.29, 0.717) is 24.4 Å². The predicted molar refractivity (Wildman–Crippen MR) is 103 cm³/mol.